The lowest BCUT2D eigenvalue weighted by Crippen LogP contribution is -2.32. The highest BCUT2D eigenvalue weighted by atomic mass is 19.1. The zero-order valence-electron chi connectivity index (χ0n) is 25.3. The number of pyridine rings is 1. The lowest BCUT2D eigenvalue weighted by atomic mass is 9.99. The Balaban J connectivity index is 1.80. The van der Waals surface area contributed by atoms with Crippen LogP contribution in [0.1, 0.15) is 61.8 Å². The van der Waals surface area contributed by atoms with Crippen molar-refractivity contribution >= 4 is 17.5 Å². The fraction of sp³-hybridized carbons (Fsp3) is 0.323. The zero-order chi connectivity index (χ0) is 32.7. The topological polar surface area (TPSA) is 193 Å². The van der Waals surface area contributed by atoms with Crippen LogP contribution in [0.3, 0.4) is 0 Å². The third kappa shape index (κ3) is 7.95. The molecule has 4 rings (SSSR count). The van der Waals surface area contributed by atoms with Gasteiger partial charge in [-0.15, -0.1) is 5.10 Å². The van der Waals surface area contributed by atoms with Crippen LogP contribution in [-0.2, 0) is 17.7 Å². The number of aromatic nitrogens is 4. The quantitative estimate of drug-likeness (QED) is 0.165. The largest absolute Gasteiger partial charge is 0.488 e. The molecule has 0 radical (unpaired) electrons. The fourth-order valence-electron chi connectivity index (χ4n) is 4.43. The Hall–Kier alpha value is -5.42. The van der Waals surface area contributed by atoms with Crippen LogP contribution in [0.15, 0.2) is 53.5 Å². The van der Waals surface area contributed by atoms with E-state index in [4.69, 9.17) is 15.2 Å². The second-order valence-electron chi connectivity index (χ2n) is 11.0. The van der Waals surface area contributed by atoms with Crippen LogP contribution < -0.4 is 26.8 Å². The van der Waals surface area contributed by atoms with Crippen LogP contribution in [0, 0.1) is 17.1 Å². The number of aliphatic hydroxyl groups excluding tert-OH is 1. The van der Waals surface area contributed by atoms with E-state index in [1.807, 2.05) is 6.92 Å². The van der Waals surface area contributed by atoms with E-state index in [9.17, 15) is 20.0 Å². The maximum Gasteiger partial charge on any atom is 0.407 e. The number of nitriles is 1. The number of aryl methyl sites for hydroxylation is 1. The Bertz CT molecular complexity index is 1770. The summed E-state index contributed by atoms with van der Waals surface area (Å²) in [5, 5.41) is 29.2. The van der Waals surface area contributed by atoms with Crippen molar-refractivity contribution in [2.75, 3.05) is 24.3 Å². The molecule has 0 saturated carbocycles. The fourth-order valence-corrected chi connectivity index (χ4v) is 4.43. The molecule has 0 saturated heterocycles. The number of nitrogens with one attached hydrogen (secondary N) is 3. The standard InChI is InChI=1S/C31H35FN8O5/c1-5-18-13-22(25(32)24(14-18)44-12-11-41)26(27-38-29(42)40(39-27)28-23(34)7-6-10-35-28)37-21-9-8-19(16-33)20(15-21)17-36-30(43)45-31(2,3)4/h6-10,13-15,26,37,41H,5,11-12,17,34H2,1-4H3,(H,36,43)(H,38,39,42). The molecule has 0 fully saturated rings. The second kappa shape index (κ2) is 13.9. The van der Waals surface area contributed by atoms with Gasteiger partial charge in [-0.2, -0.15) is 9.94 Å². The second-order valence-corrected chi connectivity index (χ2v) is 11.0. The van der Waals surface area contributed by atoms with Gasteiger partial charge in [0.25, 0.3) is 0 Å². The smallest absolute Gasteiger partial charge is 0.407 e. The van der Waals surface area contributed by atoms with Gasteiger partial charge in [-0.25, -0.2) is 19.0 Å². The van der Waals surface area contributed by atoms with Crippen molar-refractivity contribution in [2.24, 2.45) is 0 Å². The van der Waals surface area contributed by atoms with Gasteiger partial charge in [0.2, 0.25) is 0 Å². The van der Waals surface area contributed by atoms with Gasteiger partial charge < -0.3 is 30.9 Å². The average molecular weight is 619 g/mol. The van der Waals surface area contributed by atoms with Crippen molar-refractivity contribution in [2.45, 2.75) is 52.3 Å². The Kier molecular flexibility index (Phi) is 10.0. The summed E-state index contributed by atoms with van der Waals surface area (Å²) in [6.45, 7) is 6.62. The summed E-state index contributed by atoms with van der Waals surface area (Å²) in [6.07, 6.45) is 1.33. The molecule has 4 aromatic rings. The number of anilines is 2. The summed E-state index contributed by atoms with van der Waals surface area (Å²) in [4.78, 5) is 32.2. The highest BCUT2D eigenvalue weighted by molar-refractivity contribution is 5.68. The van der Waals surface area contributed by atoms with Gasteiger partial charge in [0, 0.05) is 24.0 Å². The molecule has 1 amide bonds. The van der Waals surface area contributed by atoms with Crippen molar-refractivity contribution < 1.29 is 23.8 Å². The summed E-state index contributed by atoms with van der Waals surface area (Å²) in [5.41, 5.74) is 6.88. The van der Waals surface area contributed by atoms with Crippen LogP contribution in [0.5, 0.6) is 5.75 Å². The van der Waals surface area contributed by atoms with Crippen LogP contribution in [0.2, 0.25) is 0 Å². The number of carbonyl (C=O) groups excluding carboxylic acids is 1. The van der Waals surface area contributed by atoms with Gasteiger partial charge >= 0.3 is 11.8 Å². The zero-order valence-corrected chi connectivity index (χ0v) is 25.3. The number of hydrogen-bond donors (Lipinski definition) is 5. The van der Waals surface area contributed by atoms with Gasteiger partial charge in [0.1, 0.15) is 18.2 Å². The predicted molar refractivity (Wildman–Crippen MR) is 164 cm³/mol. The van der Waals surface area contributed by atoms with Crippen LogP contribution >= 0.6 is 0 Å². The van der Waals surface area contributed by atoms with E-state index in [-0.39, 0.29) is 48.4 Å². The predicted octanol–water partition coefficient (Wildman–Crippen LogP) is 3.71. The highest BCUT2D eigenvalue weighted by Crippen LogP contribution is 2.33. The monoisotopic (exact) mass is 618 g/mol. The van der Waals surface area contributed by atoms with Crippen LogP contribution in [0.25, 0.3) is 5.82 Å². The van der Waals surface area contributed by atoms with Gasteiger partial charge in [0.05, 0.1) is 23.9 Å². The first-order valence-corrected chi connectivity index (χ1v) is 14.2. The minimum absolute atomic E-state index is 0.0266. The van der Waals surface area contributed by atoms with E-state index in [1.54, 1.807) is 63.2 Å². The number of carbonyl (C=O) groups is 1. The number of H-pyrrole nitrogens is 1. The molecule has 13 nitrogen and oxygen atoms in total. The molecule has 2 aromatic heterocycles. The van der Waals surface area contributed by atoms with E-state index >= 15 is 4.39 Å². The number of halogens is 1. The normalized spacial score (nSPS) is 11.8. The molecule has 6 N–H and O–H groups in total. The minimum atomic E-state index is -1.09. The first kappa shape index (κ1) is 32.5. The molecular weight excluding hydrogens is 583 g/mol. The number of nitrogens with zero attached hydrogens (tertiary/aromatic N) is 4. The van der Waals surface area contributed by atoms with Crippen molar-refractivity contribution in [3.8, 4) is 17.6 Å². The maximum atomic E-state index is 16.1. The van der Waals surface area contributed by atoms with Gasteiger partial charge in [0.15, 0.2) is 23.2 Å². The summed E-state index contributed by atoms with van der Waals surface area (Å²) in [5.74, 6) is -0.690. The van der Waals surface area contributed by atoms with Crippen molar-refractivity contribution in [1.82, 2.24) is 25.1 Å². The Morgan fingerprint density at radius 1 is 1.27 bits per heavy atom. The number of nitrogen functional groups attached to an aromatic ring is 1. The van der Waals surface area contributed by atoms with Crippen molar-refractivity contribution in [3.05, 3.63) is 93.0 Å². The maximum absolute atomic E-state index is 16.1. The summed E-state index contributed by atoms with van der Waals surface area (Å²) in [6, 6.07) is 12.1. The number of alkyl carbamates (subject to hydrolysis) is 1. The number of amides is 1. The van der Waals surface area contributed by atoms with Crippen LogP contribution in [-0.4, -0.2) is 49.8 Å². The van der Waals surface area contributed by atoms with Gasteiger partial charge in [-0.3, -0.25) is 4.98 Å². The average Bonchev–Trinajstić information content (AvgIpc) is 3.38. The number of ether oxygens (including phenoxy) is 2. The molecule has 0 aliphatic carbocycles. The van der Waals surface area contributed by atoms with Crippen molar-refractivity contribution in [1.29, 1.82) is 5.26 Å². The molecule has 14 heteroatoms. The summed E-state index contributed by atoms with van der Waals surface area (Å²) in [7, 11) is 0. The SMILES string of the molecule is CCc1cc(OCCO)c(F)c(C(Nc2ccc(C#N)c(CNC(=O)OC(C)(C)C)c2)c2nn(-c3ncccc3N)c(=O)[nH]2)c1. The molecule has 1 atom stereocenters. The number of nitrogens with two attached hydrogens (primary N) is 1. The Labute approximate surface area is 258 Å². The lowest BCUT2D eigenvalue weighted by Gasteiger charge is -2.22. The molecule has 0 aliphatic heterocycles. The van der Waals surface area contributed by atoms with Gasteiger partial charge in [-0.05, 0) is 74.7 Å². The third-order valence-electron chi connectivity index (χ3n) is 6.48. The summed E-state index contributed by atoms with van der Waals surface area (Å²) >= 11 is 0. The molecule has 2 heterocycles. The molecule has 0 bridgehead atoms. The number of hydrogen-bond acceptors (Lipinski definition) is 10. The van der Waals surface area contributed by atoms with Crippen molar-refractivity contribution in [3.63, 3.8) is 0 Å². The minimum Gasteiger partial charge on any atom is -0.488 e. The Morgan fingerprint density at radius 2 is 2.04 bits per heavy atom. The first-order chi connectivity index (χ1) is 21.4. The molecular formula is C31H35FN8O5. The van der Waals surface area contributed by atoms with E-state index in [1.165, 1.54) is 6.20 Å². The molecule has 45 heavy (non-hydrogen) atoms. The number of benzene rings is 2. The van der Waals surface area contributed by atoms with E-state index in [0.717, 1.165) is 10.2 Å². The number of aromatic amines is 1. The highest BCUT2D eigenvalue weighted by Gasteiger charge is 2.27. The third-order valence-corrected chi connectivity index (χ3v) is 6.48. The molecule has 236 valence electrons. The molecule has 1 unspecified atom stereocenters. The lowest BCUT2D eigenvalue weighted by molar-refractivity contribution is 0.0523. The van der Waals surface area contributed by atoms with E-state index in [0.29, 0.717) is 23.2 Å². The Morgan fingerprint density at radius 3 is 2.71 bits per heavy atom. The first-order valence-electron chi connectivity index (χ1n) is 14.2. The number of aliphatic hydroxyl groups is 1. The van der Waals surface area contributed by atoms with Crippen LogP contribution in [0.4, 0.5) is 20.6 Å². The van der Waals surface area contributed by atoms with Gasteiger partial charge in [-0.1, -0.05) is 13.0 Å². The van der Waals surface area contributed by atoms with E-state index in [2.05, 4.69) is 31.8 Å². The summed E-state index contributed by atoms with van der Waals surface area (Å²) < 4.78 is 27.9. The number of rotatable bonds is 11. The molecule has 2 aromatic carbocycles. The molecule has 0 aliphatic rings. The van der Waals surface area contributed by atoms with E-state index < -0.39 is 29.2 Å². The molecule has 0 spiro atoms.